The number of nitrogens with zero attached hydrogens (tertiary/aromatic N) is 2. The van der Waals surface area contributed by atoms with Gasteiger partial charge in [0.25, 0.3) is 0 Å². The van der Waals surface area contributed by atoms with E-state index in [0.717, 1.165) is 24.0 Å². The molecule has 30 heavy (non-hydrogen) atoms. The molecule has 0 aliphatic heterocycles. The van der Waals surface area contributed by atoms with Gasteiger partial charge in [-0.25, -0.2) is 0 Å². The average Bonchev–Trinajstić information content (AvgIpc) is 2.81. The third-order valence-corrected chi connectivity index (χ3v) is 6.07. The van der Waals surface area contributed by atoms with E-state index in [1.54, 1.807) is 0 Å². The molecule has 0 radical (unpaired) electrons. The Kier molecular flexibility index (Phi) is 5.39. The van der Waals surface area contributed by atoms with Crippen molar-refractivity contribution in [1.29, 1.82) is 0 Å². The number of aliphatic imine (C=N–C) groups is 2. The summed E-state index contributed by atoms with van der Waals surface area (Å²) >= 11 is 0. The van der Waals surface area contributed by atoms with Gasteiger partial charge in [-0.1, -0.05) is 85.6 Å². The van der Waals surface area contributed by atoms with Crippen molar-refractivity contribution in [2.24, 2.45) is 9.98 Å². The van der Waals surface area contributed by atoms with Crippen molar-refractivity contribution in [3.63, 3.8) is 0 Å². The molecule has 5 rings (SSSR count). The van der Waals surface area contributed by atoms with Crippen molar-refractivity contribution in [3.05, 3.63) is 96.1 Å². The molecule has 148 valence electrons. The molecule has 1 aliphatic rings. The fourth-order valence-corrected chi connectivity index (χ4v) is 4.38. The molecule has 2 heteroatoms. The summed E-state index contributed by atoms with van der Waals surface area (Å²) in [5.41, 5.74) is 2.33. The van der Waals surface area contributed by atoms with Crippen LogP contribution in [0, 0.1) is 0 Å². The van der Waals surface area contributed by atoms with E-state index in [2.05, 4.69) is 84.9 Å². The maximum absolute atomic E-state index is 4.97. The first kappa shape index (κ1) is 18.7. The fourth-order valence-electron chi connectivity index (χ4n) is 4.38. The summed E-state index contributed by atoms with van der Waals surface area (Å²) in [6.45, 7) is 0. The van der Waals surface area contributed by atoms with Gasteiger partial charge >= 0.3 is 0 Å². The normalized spacial score (nSPS) is 19.9. The zero-order valence-electron chi connectivity index (χ0n) is 17.1. The largest absolute Gasteiger partial charge is 0.287 e. The Labute approximate surface area is 178 Å². The number of hydrogen-bond acceptors (Lipinski definition) is 2. The number of fused-ring (bicyclic) bond motifs is 2. The molecule has 0 amide bonds. The highest BCUT2D eigenvalue weighted by atomic mass is 14.9. The Hall–Kier alpha value is -3.26. The highest BCUT2D eigenvalue weighted by Crippen LogP contribution is 2.24. The van der Waals surface area contributed by atoms with Crippen LogP contribution < -0.4 is 0 Å². The van der Waals surface area contributed by atoms with Crippen molar-refractivity contribution in [3.8, 4) is 0 Å². The van der Waals surface area contributed by atoms with Crippen LogP contribution in [0.4, 0.5) is 0 Å². The fraction of sp³-hybridized carbons (Fsp3) is 0.214. The second-order valence-electron chi connectivity index (χ2n) is 8.19. The van der Waals surface area contributed by atoms with E-state index in [-0.39, 0.29) is 12.1 Å². The molecule has 0 N–H and O–H groups in total. The zero-order chi connectivity index (χ0) is 20.2. The topological polar surface area (TPSA) is 24.7 Å². The van der Waals surface area contributed by atoms with Crippen LogP contribution >= 0.6 is 0 Å². The minimum atomic E-state index is 0.266. The second-order valence-corrected chi connectivity index (χ2v) is 8.19. The summed E-state index contributed by atoms with van der Waals surface area (Å²) in [6.07, 6.45) is 8.79. The zero-order valence-corrected chi connectivity index (χ0v) is 17.1. The number of hydrogen-bond donors (Lipinski definition) is 0. The first-order chi connectivity index (χ1) is 14.8. The van der Waals surface area contributed by atoms with E-state index in [1.807, 2.05) is 12.4 Å². The van der Waals surface area contributed by atoms with E-state index >= 15 is 0 Å². The molecule has 4 aromatic carbocycles. The quantitative estimate of drug-likeness (QED) is 0.341. The second kappa shape index (κ2) is 8.62. The first-order valence-electron chi connectivity index (χ1n) is 10.9. The van der Waals surface area contributed by atoms with E-state index in [9.17, 15) is 0 Å². The van der Waals surface area contributed by atoms with E-state index in [4.69, 9.17) is 9.98 Å². The van der Waals surface area contributed by atoms with Gasteiger partial charge in [-0.15, -0.1) is 0 Å². The standard InChI is InChI=1S/C28H26N2/c1-3-9-25-17-21(13-15-23(25)7-1)19-29-27-11-5-6-12-28(27)30-20-22-14-16-24-8-2-4-10-26(24)18-22/h1-4,7-10,13-20,27-28H,5-6,11-12H2/t27-,28-/m1/s1. The third kappa shape index (κ3) is 4.18. The molecule has 2 atom stereocenters. The van der Waals surface area contributed by atoms with Gasteiger partial charge < -0.3 is 0 Å². The van der Waals surface area contributed by atoms with Crippen molar-refractivity contribution in [2.75, 3.05) is 0 Å². The van der Waals surface area contributed by atoms with Crippen LogP contribution in [-0.2, 0) is 0 Å². The summed E-state index contributed by atoms with van der Waals surface area (Å²) < 4.78 is 0. The van der Waals surface area contributed by atoms with Crippen LogP contribution in [-0.4, -0.2) is 24.5 Å². The Morgan fingerprint density at radius 1 is 0.533 bits per heavy atom. The van der Waals surface area contributed by atoms with Gasteiger partial charge in [0.15, 0.2) is 0 Å². The summed E-state index contributed by atoms with van der Waals surface area (Å²) in [6, 6.07) is 30.6. The van der Waals surface area contributed by atoms with Gasteiger partial charge in [0.1, 0.15) is 0 Å². The monoisotopic (exact) mass is 390 g/mol. The molecule has 2 nitrogen and oxygen atoms in total. The van der Waals surface area contributed by atoms with Crippen LogP contribution in [0.15, 0.2) is 94.9 Å². The molecule has 0 spiro atoms. The first-order valence-corrected chi connectivity index (χ1v) is 10.9. The van der Waals surface area contributed by atoms with Gasteiger partial charge in [0, 0.05) is 12.4 Å². The molecule has 1 aliphatic carbocycles. The third-order valence-electron chi connectivity index (χ3n) is 6.07. The Balaban J connectivity index is 1.34. The maximum Gasteiger partial charge on any atom is 0.0723 e. The molecule has 0 heterocycles. The maximum atomic E-state index is 4.97. The van der Waals surface area contributed by atoms with E-state index in [0.29, 0.717) is 0 Å². The summed E-state index contributed by atoms with van der Waals surface area (Å²) in [5, 5.41) is 5.06. The average molecular weight is 391 g/mol. The summed E-state index contributed by atoms with van der Waals surface area (Å²) in [4.78, 5) is 9.93. The van der Waals surface area contributed by atoms with Crippen molar-refractivity contribution >= 4 is 34.0 Å². The van der Waals surface area contributed by atoms with Crippen LogP contribution in [0.5, 0.6) is 0 Å². The Morgan fingerprint density at radius 2 is 0.967 bits per heavy atom. The molecule has 0 bridgehead atoms. The smallest absolute Gasteiger partial charge is 0.0723 e. The van der Waals surface area contributed by atoms with Gasteiger partial charge in [0.05, 0.1) is 12.1 Å². The minimum Gasteiger partial charge on any atom is -0.287 e. The van der Waals surface area contributed by atoms with Crippen LogP contribution in [0.3, 0.4) is 0 Å². The molecule has 4 aromatic rings. The van der Waals surface area contributed by atoms with E-state index < -0.39 is 0 Å². The lowest BCUT2D eigenvalue weighted by Crippen LogP contribution is -2.27. The van der Waals surface area contributed by atoms with Crippen LogP contribution in [0.25, 0.3) is 21.5 Å². The van der Waals surface area contributed by atoms with Crippen LogP contribution in [0.2, 0.25) is 0 Å². The van der Waals surface area contributed by atoms with Gasteiger partial charge in [-0.3, -0.25) is 9.98 Å². The summed E-state index contributed by atoms with van der Waals surface area (Å²) in [5.74, 6) is 0. The van der Waals surface area contributed by atoms with Crippen molar-refractivity contribution < 1.29 is 0 Å². The minimum absolute atomic E-state index is 0.266. The van der Waals surface area contributed by atoms with Gasteiger partial charge in [-0.05, 0) is 57.6 Å². The molecular weight excluding hydrogens is 364 g/mol. The highest BCUT2D eigenvalue weighted by Gasteiger charge is 2.23. The van der Waals surface area contributed by atoms with Gasteiger partial charge in [-0.2, -0.15) is 0 Å². The predicted octanol–water partition coefficient (Wildman–Crippen LogP) is 6.84. The molecule has 0 aromatic heterocycles. The molecule has 0 saturated heterocycles. The Bertz CT molecular complexity index is 1120. The molecular formula is C28H26N2. The number of rotatable bonds is 4. The van der Waals surface area contributed by atoms with Crippen molar-refractivity contribution in [1.82, 2.24) is 0 Å². The van der Waals surface area contributed by atoms with E-state index in [1.165, 1.54) is 34.4 Å². The highest BCUT2D eigenvalue weighted by molar-refractivity contribution is 5.91. The van der Waals surface area contributed by atoms with Crippen molar-refractivity contribution in [2.45, 2.75) is 37.8 Å². The lowest BCUT2D eigenvalue weighted by Gasteiger charge is -2.25. The molecule has 1 saturated carbocycles. The Morgan fingerprint density at radius 3 is 1.43 bits per heavy atom. The van der Waals surface area contributed by atoms with Crippen LogP contribution in [0.1, 0.15) is 36.8 Å². The molecule has 0 unspecified atom stereocenters. The summed E-state index contributed by atoms with van der Waals surface area (Å²) in [7, 11) is 0. The SMILES string of the molecule is C(=N[C@@H]1CCCC[C@H]1N=Cc1ccc2ccccc2c1)c1ccc2ccccc2c1. The predicted molar refractivity (Wildman–Crippen MR) is 129 cm³/mol. The van der Waals surface area contributed by atoms with Gasteiger partial charge in [0.2, 0.25) is 0 Å². The molecule has 1 fully saturated rings. The lowest BCUT2D eigenvalue weighted by molar-refractivity contribution is 0.390. The number of benzene rings is 4. The lowest BCUT2D eigenvalue weighted by atomic mass is 9.91.